The normalized spacial score (nSPS) is 41.9. The van der Waals surface area contributed by atoms with E-state index >= 15 is 0 Å². The van der Waals surface area contributed by atoms with Gasteiger partial charge in [0, 0.05) is 12.1 Å². The molecule has 5 aliphatic rings. The summed E-state index contributed by atoms with van der Waals surface area (Å²) < 4.78 is 44.4. The predicted molar refractivity (Wildman–Crippen MR) is 124 cm³/mol. The Bertz CT molecular complexity index is 786. The van der Waals surface area contributed by atoms with Gasteiger partial charge in [-0.1, -0.05) is 0 Å². The molecule has 0 aromatic heterocycles. The Morgan fingerprint density at radius 1 is 1.03 bits per heavy atom. The molecule has 35 heavy (non-hydrogen) atoms. The number of piperidine rings is 1. The van der Waals surface area contributed by atoms with Crippen LogP contribution in [0.3, 0.4) is 0 Å². The van der Waals surface area contributed by atoms with Gasteiger partial charge in [0.25, 0.3) is 0 Å². The molecule has 1 saturated heterocycles. The summed E-state index contributed by atoms with van der Waals surface area (Å²) in [6, 6.07) is -0.674. The highest BCUT2D eigenvalue weighted by Crippen LogP contribution is 2.47. The summed E-state index contributed by atoms with van der Waals surface area (Å²) in [5, 5.41) is 19.4. The molecular weight excluding hydrogens is 510 g/mol. The van der Waals surface area contributed by atoms with Crippen LogP contribution in [0, 0.1) is 5.92 Å². The number of carbonyl (C=O) groups is 2. The molecule has 5 unspecified atom stereocenters. The van der Waals surface area contributed by atoms with Gasteiger partial charge < -0.3 is 25.8 Å². The zero-order valence-electron chi connectivity index (χ0n) is 19.5. The molecular formula is C23H34Cl2F3N3O4. The lowest BCUT2D eigenvalue weighted by atomic mass is 9.59. The lowest BCUT2D eigenvalue weighted by Gasteiger charge is -2.56. The number of halogens is 5. The van der Waals surface area contributed by atoms with Crippen LogP contribution in [0.1, 0.15) is 64.2 Å². The highest BCUT2D eigenvalue weighted by Gasteiger charge is 2.55. The summed E-state index contributed by atoms with van der Waals surface area (Å²) in [5.41, 5.74) is -1.38. The van der Waals surface area contributed by atoms with E-state index in [2.05, 4.69) is 16.0 Å². The minimum atomic E-state index is -4.26. The van der Waals surface area contributed by atoms with Crippen LogP contribution in [0.5, 0.6) is 0 Å². The van der Waals surface area contributed by atoms with E-state index in [-0.39, 0.29) is 61.1 Å². The highest BCUT2D eigenvalue weighted by molar-refractivity contribution is 6.30. The fourth-order valence-corrected chi connectivity index (χ4v) is 6.62. The van der Waals surface area contributed by atoms with Gasteiger partial charge in [-0.05, 0) is 64.2 Å². The van der Waals surface area contributed by atoms with Gasteiger partial charge in [0.2, 0.25) is 11.8 Å². The molecule has 0 aromatic carbocycles. The third-order valence-corrected chi connectivity index (χ3v) is 9.52. The van der Waals surface area contributed by atoms with Gasteiger partial charge in [0.1, 0.15) is 6.61 Å². The summed E-state index contributed by atoms with van der Waals surface area (Å²) >= 11 is 12.3. The fraction of sp³-hybridized carbons (Fsp3) is 0.913. The number of fused-ring (bicyclic) bond motifs is 3. The summed E-state index contributed by atoms with van der Waals surface area (Å²) in [6.45, 7) is -0.392. The molecule has 4 aliphatic carbocycles. The molecule has 0 radical (unpaired) electrons. The second-order valence-corrected chi connectivity index (χ2v) is 11.9. The molecule has 5 fully saturated rings. The van der Waals surface area contributed by atoms with Crippen molar-refractivity contribution in [1.29, 1.82) is 0 Å². The van der Waals surface area contributed by atoms with Crippen LogP contribution in [-0.2, 0) is 14.3 Å². The highest BCUT2D eigenvalue weighted by atomic mass is 35.5. The fourth-order valence-electron chi connectivity index (χ4n) is 6.07. The van der Waals surface area contributed by atoms with Crippen LogP contribution in [0.25, 0.3) is 0 Å². The molecule has 4 N–H and O–H groups in total. The van der Waals surface area contributed by atoms with E-state index in [1.165, 1.54) is 0 Å². The molecule has 12 heteroatoms. The van der Waals surface area contributed by atoms with E-state index < -0.39 is 35.3 Å². The van der Waals surface area contributed by atoms with Crippen LogP contribution in [0.4, 0.5) is 13.2 Å². The zero-order valence-corrected chi connectivity index (χ0v) is 21.0. The molecule has 1 aliphatic heterocycles. The first-order chi connectivity index (χ1) is 16.4. The van der Waals surface area contributed by atoms with E-state index in [0.717, 1.165) is 12.8 Å². The number of carbonyl (C=O) groups excluding carboxylic acids is 2. The average molecular weight is 544 g/mol. The van der Waals surface area contributed by atoms with E-state index in [1.807, 2.05) is 0 Å². The Kier molecular flexibility index (Phi) is 8.18. The van der Waals surface area contributed by atoms with Crippen molar-refractivity contribution in [3.8, 4) is 0 Å². The number of nitrogens with one attached hydrogen (secondary N) is 3. The van der Waals surface area contributed by atoms with Crippen molar-refractivity contribution in [2.24, 2.45) is 5.92 Å². The number of amides is 2. The largest absolute Gasteiger partial charge is 0.393 e. The zero-order chi connectivity index (χ0) is 25.4. The van der Waals surface area contributed by atoms with Crippen molar-refractivity contribution < 1.29 is 32.6 Å². The van der Waals surface area contributed by atoms with Crippen molar-refractivity contribution in [2.75, 3.05) is 13.2 Å². The number of ether oxygens (including phenoxy) is 1. The van der Waals surface area contributed by atoms with Crippen molar-refractivity contribution in [2.45, 2.75) is 110 Å². The number of hydrogen-bond acceptors (Lipinski definition) is 5. The predicted octanol–water partition coefficient (Wildman–Crippen LogP) is 2.75. The van der Waals surface area contributed by atoms with E-state index in [9.17, 15) is 27.9 Å². The monoisotopic (exact) mass is 543 g/mol. The third kappa shape index (κ3) is 6.20. The lowest BCUT2D eigenvalue weighted by Crippen LogP contribution is -2.71. The van der Waals surface area contributed by atoms with Gasteiger partial charge in [0.05, 0.1) is 40.5 Å². The number of hydrogen-bond donors (Lipinski definition) is 4. The maximum atomic E-state index is 12.9. The molecule has 200 valence electrons. The number of aliphatic hydroxyl groups is 1. The Balaban J connectivity index is 1.24. The summed E-state index contributed by atoms with van der Waals surface area (Å²) in [5.74, 6) is -2.06. The molecule has 2 bridgehead atoms. The van der Waals surface area contributed by atoms with Crippen LogP contribution in [0.2, 0.25) is 0 Å². The molecule has 0 aromatic rings. The summed E-state index contributed by atoms with van der Waals surface area (Å²) in [4.78, 5) is 25.4. The molecule has 2 amide bonds. The maximum Gasteiger partial charge on any atom is 0.393 e. The van der Waals surface area contributed by atoms with Crippen molar-refractivity contribution in [3.63, 3.8) is 0 Å². The second kappa shape index (κ2) is 10.5. The van der Waals surface area contributed by atoms with Crippen LogP contribution < -0.4 is 16.0 Å². The molecule has 7 nitrogen and oxygen atoms in total. The Hall–Kier alpha value is -0.810. The van der Waals surface area contributed by atoms with Gasteiger partial charge in [-0.15, -0.1) is 23.2 Å². The first-order valence-corrected chi connectivity index (χ1v) is 13.3. The molecule has 6 atom stereocenters. The number of alkyl halides is 5. The quantitative estimate of drug-likeness (QED) is 0.386. The molecule has 1 heterocycles. The Labute approximate surface area is 213 Å². The minimum Gasteiger partial charge on any atom is -0.391 e. The molecule has 4 saturated carbocycles. The van der Waals surface area contributed by atoms with E-state index in [0.29, 0.717) is 32.1 Å². The van der Waals surface area contributed by atoms with Crippen LogP contribution >= 0.6 is 23.2 Å². The van der Waals surface area contributed by atoms with Crippen molar-refractivity contribution in [1.82, 2.24) is 16.0 Å². The van der Waals surface area contributed by atoms with Gasteiger partial charge in [-0.3, -0.25) is 9.59 Å². The summed E-state index contributed by atoms with van der Waals surface area (Å²) in [6.07, 6.45) is -0.716. The minimum absolute atomic E-state index is 0.0830. The van der Waals surface area contributed by atoms with Gasteiger partial charge in [0.15, 0.2) is 0 Å². The number of rotatable bonds is 6. The SMILES string of the molecule is O=C(COC1CCC(Cl)C(Cl)C1)NC12CCC(NC(=O)C3CCC(C(F)(F)F)CN3)(CC1)C[C@@H]2O. The molecule has 0 spiro atoms. The van der Waals surface area contributed by atoms with Crippen LogP contribution in [-0.4, -0.2) is 76.3 Å². The maximum absolute atomic E-state index is 12.9. The van der Waals surface area contributed by atoms with Crippen molar-refractivity contribution >= 4 is 35.0 Å². The Morgan fingerprint density at radius 3 is 2.31 bits per heavy atom. The first-order valence-electron chi connectivity index (χ1n) is 12.4. The topological polar surface area (TPSA) is 99.7 Å². The van der Waals surface area contributed by atoms with Crippen LogP contribution in [0.15, 0.2) is 0 Å². The Morgan fingerprint density at radius 2 is 1.74 bits per heavy atom. The van der Waals surface area contributed by atoms with Gasteiger partial charge in [-0.25, -0.2) is 0 Å². The lowest BCUT2D eigenvalue weighted by molar-refractivity contribution is -0.180. The molecule has 5 rings (SSSR count). The first kappa shape index (κ1) is 27.2. The number of aliphatic hydroxyl groups excluding tert-OH is 1. The second-order valence-electron chi connectivity index (χ2n) is 10.7. The third-order valence-electron chi connectivity index (χ3n) is 8.39. The van der Waals surface area contributed by atoms with E-state index in [4.69, 9.17) is 27.9 Å². The smallest absolute Gasteiger partial charge is 0.391 e. The summed E-state index contributed by atoms with van der Waals surface area (Å²) in [7, 11) is 0. The van der Waals surface area contributed by atoms with Crippen molar-refractivity contribution in [3.05, 3.63) is 0 Å². The van der Waals surface area contributed by atoms with E-state index in [1.54, 1.807) is 0 Å². The van der Waals surface area contributed by atoms with Gasteiger partial charge >= 0.3 is 6.18 Å². The van der Waals surface area contributed by atoms with Gasteiger partial charge in [-0.2, -0.15) is 13.2 Å². The average Bonchev–Trinajstić information content (AvgIpc) is 2.80. The standard InChI is InChI=1S/C23H34Cl2F3N3O4/c24-15-3-2-14(9-16(15)25)35-12-19(33)30-22-7-5-21(6-8-22,10-18(22)32)31-20(34)17-4-1-13(11-29-17)23(26,27)28/h13-18,29,32H,1-12H2,(H,30,33)(H,31,34)/t13?,14?,15?,16?,17?,18-,21?,22?/m0/s1.